The molecule has 0 aromatic heterocycles. The Morgan fingerprint density at radius 2 is 1.57 bits per heavy atom. The van der Waals surface area contributed by atoms with Crippen molar-refractivity contribution in [2.75, 3.05) is 6.54 Å². The molecule has 1 amide bonds. The summed E-state index contributed by atoms with van der Waals surface area (Å²) in [6.07, 6.45) is 0.822. The topological polar surface area (TPSA) is 38.3 Å². The summed E-state index contributed by atoms with van der Waals surface area (Å²) in [5.41, 5.74) is 1.18. The molecule has 2 aromatic carbocycles. The van der Waals surface area contributed by atoms with E-state index in [1.807, 2.05) is 61.5 Å². The Bertz CT molecular complexity index is 605. The summed E-state index contributed by atoms with van der Waals surface area (Å²) < 4.78 is 5.76. The Morgan fingerprint density at radius 3 is 2.17 bits per heavy atom. The monoisotopic (exact) mass is 311 g/mol. The molecule has 0 aliphatic rings. The van der Waals surface area contributed by atoms with Crippen molar-refractivity contribution in [2.24, 2.45) is 11.8 Å². The van der Waals surface area contributed by atoms with Crippen molar-refractivity contribution in [3.63, 3.8) is 0 Å². The lowest BCUT2D eigenvalue weighted by molar-refractivity contribution is -0.125. The number of amides is 1. The van der Waals surface area contributed by atoms with E-state index in [2.05, 4.69) is 19.2 Å². The van der Waals surface area contributed by atoms with Gasteiger partial charge in [0.15, 0.2) is 0 Å². The molecule has 1 atom stereocenters. The molecule has 1 N–H and O–H groups in total. The number of rotatable bonds is 7. The van der Waals surface area contributed by atoms with Crippen molar-refractivity contribution in [3.8, 4) is 11.5 Å². The van der Waals surface area contributed by atoms with Crippen LogP contribution in [-0.4, -0.2) is 12.5 Å². The molecule has 0 fully saturated rings. The van der Waals surface area contributed by atoms with Crippen LogP contribution >= 0.6 is 0 Å². The molecule has 0 spiro atoms. The average Bonchev–Trinajstić information content (AvgIpc) is 2.56. The first-order chi connectivity index (χ1) is 11.1. The number of hydrogen-bond donors (Lipinski definition) is 1. The van der Waals surface area contributed by atoms with Gasteiger partial charge in [-0.05, 0) is 42.2 Å². The van der Waals surface area contributed by atoms with E-state index >= 15 is 0 Å². The van der Waals surface area contributed by atoms with Crippen LogP contribution in [0.5, 0.6) is 11.5 Å². The van der Waals surface area contributed by atoms with E-state index < -0.39 is 0 Å². The van der Waals surface area contributed by atoms with Gasteiger partial charge in [0, 0.05) is 12.5 Å². The third kappa shape index (κ3) is 5.44. The first kappa shape index (κ1) is 17.1. The highest BCUT2D eigenvalue weighted by molar-refractivity contribution is 5.78. The molecule has 1 unspecified atom stereocenters. The van der Waals surface area contributed by atoms with Gasteiger partial charge >= 0.3 is 0 Å². The zero-order valence-electron chi connectivity index (χ0n) is 14.1. The van der Waals surface area contributed by atoms with Crippen molar-refractivity contribution in [1.29, 1.82) is 0 Å². The molecule has 0 radical (unpaired) electrons. The Labute approximate surface area is 138 Å². The minimum Gasteiger partial charge on any atom is -0.457 e. The Balaban J connectivity index is 1.80. The number of para-hydroxylation sites is 1. The fraction of sp³-hybridized carbons (Fsp3) is 0.350. The maximum absolute atomic E-state index is 11.9. The van der Waals surface area contributed by atoms with E-state index in [9.17, 15) is 4.79 Å². The second-order valence-electron chi connectivity index (χ2n) is 6.13. The fourth-order valence-electron chi connectivity index (χ4n) is 2.14. The molecule has 3 heteroatoms. The van der Waals surface area contributed by atoms with Crippen molar-refractivity contribution in [1.82, 2.24) is 5.32 Å². The van der Waals surface area contributed by atoms with E-state index in [1.165, 1.54) is 5.56 Å². The number of carbonyl (C=O) groups excluding carboxylic acids is 1. The highest BCUT2D eigenvalue weighted by atomic mass is 16.5. The summed E-state index contributed by atoms with van der Waals surface area (Å²) >= 11 is 0. The zero-order valence-corrected chi connectivity index (χ0v) is 14.1. The molecule has 0 aliphatic heterocycles. The van der Waals surface area contributed by atoms with Crippen LogP contribution in [0.15, 0.2) is 54.6 Å². The van der Waals surface area contributed by atoms with Gasteiger partial charge in [-0.15, -0.1) is 0 Å². The Hall–Kier alpha value is -2.29. The second-order valence-corrected chi connectivity index (χ2v) is 6.13. The molecule has 2 aromatic rings. The van der Waals surface area contributed by atoms with Gasteiger partial charge in [0.05, 0.1) is 0 Å². The van der Waals surface area contributed by atoms with Crippen LogP contribution in [0.3, 0.4) is 0 Å². The molecule has 0 saturated heterocycles. The van der Waals surface area contributed by atoms with Crippen LogP contribution in [0.25, 0.3) is 0 Å². The van der Waals surface area contributed by atoms with Crippen molar-refractivity contribution < 1.29 is 9.53 Å². The summed E-state index contributed by atoms with van der Waals surface area (Å²) in [5.74, 6) is 2.19. The average molecular weight is 311 g/mol. The highest BCUT2D eigenvalue weighted by Gasteiger charge is 2.15. The van der Waals surface area contributed by atoms with Crippen molar-refractivity contribution in [3.05, 3.63) is 60.2 Å². The first-order valence-electron chi connectivity index (χ1n) is 8.16. The van der Waals surface area contributed by atoms with Gasteiger partial charge < -0.3 is 10.1 Å². The van der Waals surface area contributed by atoms with E-state index in [1.54, 1.807) is 0 Å². The van der Waals surface area contributed by atoms with E-state index in [4.69, 9.17) is 4.74 Å². The third-order valence-corrected chi connectivity index (χ3v) is 4.03. The summed E-state index contributed by atoms with van der Waals surface area (Å²) in [6.45, 7) is 6.76. The summed E-state index contributed by atoms with van der Waals surface area (Å²) in [5, 5.41) is 3.00. The van der Waals surface area contributed by atoms with Crippen LogP contribution in [0, 0.1) is 11.8 Å². The van der Waals surface area contributed by atoms with Crippen molar-refractivity contribution >= 4 is 5.91 Å². The smallest absolute Gasteiger partial charge is 0.223 e. The normalized spacial score (nSPS) is 12.0. The summed E-state index contributed by atoms with van der Waals surface area (Å²) in [7, 11) is 0. The zero-order chi connectivity index (χ0) is 16.7. The van der Waals surface area contributed by atoms with Gasteiger partial charge in [-0.25, -0.2) is 0 Å². The maximum atomic E-state index is 11.9. The molecular weight excluding hydrogens is 286 g/mol. The molecule has 23 heavy (non-hydrogen) atoms. The van der Waals surface area contributed by atoms with Crippen molar-refractivity contribution in [2.45, 2.75) is 27.2 Å². The lowest BCUT2D eigenvalue weighted by Crippen LogP contribution is -2.33. The predicted octanol–water partition coefficient (Wildman–Crippen LogP) is 4.43. The quantitative estimate of drug-likeness (QED) is 0.821. The molecule has 0 heterocycles. The number of ether oxygens (including phenoxy) is 1. The number of nitrogens with one attached hydrogen (secondary N) is 1. The summed E-state index contributed by atoms with van der Waals surface area (Å²) in [6, 6.07) is 17.7. The fourth-order valence-corrected chi connectivity index (χ4v) is 2.14. The Morgan fingerprint density at radius 1 is 0.957 bits per heavy atom. The second kappa shape index (κ2) is 8.37. The predicted molar refractivity (Wildman–Crippen MR) is 93.7 cm³/mol. The minimum absolute atomic E-state index is 0.0525. The van der Waals surface area contributed by atoms with Crippen LogP contribution < -0.4 is 10.1 Å². The molecular formula is C20H25NO2. The lowest BCUT2D eigenvalue weighted by Gasteiger charge is -2.15. The van der Waals surface area contributed by atoms with Gasteiger partial charge in [-0.3, -0.25) is 4.79 Å². The standard InChI is InChI=1S/C20H25NO2/c1-15(2)16(3)20(22)21-14-13-17-9-11-19(12-10-17)23-18-7-5-4-6-8-18/h4-12,15-16H,13-14H2,1-3H3,(H,21,22). The van der Waals surface area contributed by atoms with Gasteiger partial charge in [-0.2, -0.15) is 0 Å². The van der Waals surface area contributed by atoms with Crippen LogP contribution in [0.2, 0.25) is 0 Å². The first-order valence-corrected chi connectivity index (χ1v) is 8.16. The maximum Gasteiger partial charge on any atom is 0.223 e. The van der Waals surface area contributed by atoms with E-state index in [0.29, 0.717) is 12.5 Å². The van der Waals surface area contributed by atoms with E-state index in [-0.39, 0.29) is 11.8 Å². The largest absolute Gasteiger partial charge is 0.457 e. The van der Waals surface area contributed by atoms with Crippen LogP contribution in [0.1, 0.15) is 26.3 Å². The minimum atomic E-state index is 0.0525. The SMILES string of the molecule is CC(C)C(C)C(=O)NCCc1ccc(Oc2ccccc2)cc1. The summed E-state index contributed by atoms with van der Waals surface area (Å²) in [4.78, 5) is 11.9. The number of hydrogen-bond acceptors (Lipinski definition) is 2. The third-order valence-electron chi connectivity index (χ3n) is 4.03. The molecule has 0 saturated carbocycles. The van der Waals surface area contributed by atoms with Gasteiger partial charge in [0.2, 0.25) is 5.91 Å². The molecule has 122 valence electrons. The van der Waals surface area contributed by atoms with Gasteiger partial charge in [-0.1, -0.05) is 51.1 Å². The Kier molecular flexibility index (Phi) is 6.21. The van der Waals surface area contributed by atoms with Gasteiger partial charge in [0.1, 0.15) is 11.5 Å². The molecule has 3 nitrogen and oxygen atoms in total. The molecule has 0 aliphatic carbocycles. The molecule has 2 rings (SSSR count). The number of benzene rings is 2. The van der Waals surface area contributed by atoms with Crippen LogP contribution in [0.4, 0.5) is 0 Å². The van der Waals surface area contributed by atoms with Gasteiger partial charge in [0.25, 0.3) is 0 Å². The highest BCUT2D eigenvalue weighted by Crippen LogP contribution is 2.21. The lowest BCUT2D eigenvalue weighted by atomic mass is 9.97. The van der Waals surface area contributed by atoms with E-state index in [0.717, 1.165) is 17.9 Å². The number of carbonyl (C=O) groups is 1. The molecule has 0 bridgehead atoms. The van der Waals surface area contributed by atoms with Crippen LogP contribution in [-0.2, 0) is 11.2 Å².